The molecule has 0 aliphatic heterocycles. The van der Waals surface area contributed by atoms with Crippen LogP contribution in [0, 0.1) is 0 Å². The van der Waals surface area contributed by atoms with E-state index in [1.165, 1.54) is 5.56 Å². The Bertz CT molecular complexity index is 541. The summed E-state index contributed by atoms with van der Waals surface area (Å²) < 4.78 is 5.19. The van der Waals surface area contributed by atoms with Gasteiger partial charge >= 0.3 is 0 Å². The SMILES string of the molecule is CCCc1ccc(C(C)(N)c2ccc(OC)cc2)cc1. The fourth-order valence-corrected chi connectivity index (χ4v) is 2.41. The number of hydrogen-bond donors (Lipinski definition) is 1. The van der Waals surface area contributed by atoms with E-state index in [0.29, 0.717) is 0 Å². The number of nitrogens with two attached hydrogens (primary N) is 1. The molecule has 2 rings (SSSR count). The summed E-state index contributed by atoms with van der Waals surface area (Å²) in [7, 11) is 1.67. The van der Waals surface area contributed by atoms with Crippen LogP contribution in [0.5, 0.6) is 5.75 Å². The summed E-state index contributed by atoms with van der Waals surface area (Å²) >= 11 is 0. The normalized spacial score (nSPS) is 13.8. The highest BCUT2D eigenvalue weighted by Gasteiger charge is 2.23. The summed E-state index contributed by atoms with van der Waals surface area (Å²) in [6, 6.07) is 16.6. The molecule has 0 saturated heterocycles. The molecule has 2 nitrogen and oxygen atoms in total. The van der Waals surface area contributed by atoms with Crippen LogP contribution >= 0.6 is 0 Å². The minimum atomic E-state index is -0.489. The van der Waals surface area contributed by atoms with E-state index < -0.39 is 5.54 Å². The second kappa shape index (κ2) is 6.10. The summed E-state index contributed by atoms with van der Waals surface area (Å²) in [6.45, 7) is 4.24. The van der Waals surface area contributed by atoms with Gasteiger partial charge in [-0.25, -0.2) is 0 Å². The van der Waals surface area contributed by atoms with Crippen molar-refractivity contribution >= 4 is 0 Å². The van der Waals surface area contributed by atoms with E-state index in [9.17, 15) is 0 Å². The number of ether oxygens (including phenoxy) is 1. The van der Waals surface area contributed by atoms with Crippen molar-refractivity contribution in [2.24, 2.45) is 5.73 Å². The molecule has 1 unspecified atom stereocenters. The lowest BCUT2D eigenvalue weighted by Gasteiger charge is -2.26. The minimum absolute atomic E-state index is 0.489. The van der Waals surface area contributed by atoms with Crippen LogP contribution in [-0.2, 0) is 12.0 Å². The van der Waals surface area contributed by atoms with Gasteiger partial charge in [0.1, 0.15) is 5.75 Å². The van der Waals surface area contributed by atoms with E-state index >= 15 is 0 Å². The van der Waals surface area contributed by atoms with Crippen molar-refractivity contribution in [1.29, 1.82) is 0 Å². The molecule has 0 spiro atoms. The van der Waals surface area contributed by atoms with Gasteiger partial charge in [-0.3, -0.25) is 0 Å². The molecular weight excluding hydrogens is 246 g/mol. The standard InChI is InChI=1S/C18H23NO/c1-4-5-14-6-8-15(9-7-14)18(2,19)16-10-12-17(20-3)13-11-16/h6-13H,4-5,19H2,1-3H3. The van der Waals surface area contributed by atoms with E-state index in [0.717, 1.165) is 29.7 Å². The summed E-state index contributed by atoms with van der Waals surface area (Å²) in [5.41, 5.74) is 9.62. The lowest BCUT2D eigenvalue weighted by atomic mass is 9.85. The first-order chi connectivity index (χ1) is 9.57. The zero-order valence-corrected chi connectivity index (χ0v) is 12.5. The molecule has 0 saturated carbocycles. The molecule has 0 heterocycles. The number of methoxy groups -OCH3 is 1. The molecule has 0 aromatic heterocycles. The van der Waals surface area contributed by atoms with Gasteiger partial charge in [0.05, 0.1) is 12.6 Å². The zero-order chi connectivity index (χ0) is 14.6. The molecule has 2 heteroatoms. The van der Waals surface area contributed by atoms with Gasteiger partial charge in [-0.05, 0) is 42.2 Å². The Hall–Kier alpha value is -1.80. The Morgan fingerprint density at radius 3 is 1.90 bits per heavy atom. The van der Waals surface area contributed by atoms with Gasteiger partial charge in [0.25, 0.3) is 0 Å². The van der Waals surface area contributed by atoms with Gasteiger partial charge < -0.3 is 10.5 Å². The number of hydrogen-bond acceptors (Lipinski definition) is 2. The first kappa shape index (κ1) is 14.6. The van der Waals surface area contributed by atoms with Crippen molar-refractivity contribution in [3.05, 3.63) is 65.2 Å². The van der Waals surface area contributed by atoms with Gasteiger partial charge in [-0.1, -0.05) is 49.7 Å². The lowest BCUT2D eigenvalue weighted by Crippen LogP contribution is -2.34. The Kier molecular flexibility index (Phi) is 4.46. The van der Waals surface area contributed by atoms with Gasteiger partial charge in [0.15, 0.2) is 0 Å². The highest BCUT2D eigenvalue weighted by molar-refractivity contribution is 5.40. The largest absolute Gasteiger partial charge is 0.497 e. The van der Waals surface area contributed by atoms with Crippen LogP contribution in [0.2, 0.25) is 0 Å². The Morgan fingerprint density at radius 2 is 1.45 bits per heavy atom. The van der Waals surface area contributed by atoms with Crippen LogP contribution in [0.15, 0.2) is 48.5 Å². The maximum Gasteiger partial charge on any atom is 0.118 e. The molecule has 2 aromatic rings. The van der Waals surface area contributed by atoms with Gasteiger partial charge in [0, 0.05) is 0 Å². The first-order valence-electron chi connectivity index (χ1n) is 7.10. The molecule has 0 aliphatic carbocycles. The van der Waals surface area contributed by atoms with Crippen LogP contribution in [0.4, 0.5) is 0 Å². The molecule has 0 fully saturated rings. The van der Waals surface area contributed by atoms with Crippen LogP contribution in [-0.4, -0.2) is 7.11 Å². The van der Waals surface area contributed by atoms with E-state index in [-0.39, 0.29) is 0 Å². The molecule has 106 valence electrons. The molecule has 2 N–H and O–H groups in total. The minimum Gasteiger partial charge on any atom is -0.497 e. The summed E-state index contributed by atoms with van der Waals surface area (Å²) in [4.78, 5) is 0. The molecule has 0 aliphatic rings. The smallest absolute Gasteiger partial charge is 0.118 e. The molecule has 1 atom stereocenters. The fourth-order valence-electron chi connectivity index (χ4n) is 2.41. The summed E-state index contributed by atoms with van der Waals surface area (Å²) in [5.74, 6) is 0.850. The van der Waals surface area contributed by atoms with Crippen LogP contribution < -0.4 is 10.5 Å². The van der Waals surface area contributed by atoms with Crippen molar-refractivity contribution in [3.8, 4) is 5.75 Å². The highest BCUT2D eigenvalue weighted by Crippen LogP contribution is 2.28. The maximum atomic E-state index is 6.53. The molecule has 2 aromatic carbocycles. The molecule has 0 bridgehead atoms. The van der Waals surface area contributed by atoms with Crippen molar-refractivity contribution < 1.29 is 4.74 Å². The molecule has 0 amide bonds. The van der Waals surface area contributed by atoms with Crippen molar-refractivity contribution in [1.82, 2.24) is 0 Å². The van der Waals surface area contributed by atoms with Crippen molar-refractivity contribution in [2.75, 3.05) is 7.11 Å². The van der Waals surface area contributed by atoms with Crippen molar-refractivity contribution in [2.45, 2.75) is 32.2 Å². The average Bonchev–Trinajstić information content (AvgIpc) is 2.48. The van der Waals surface area contributed by atoms with E-state index in [2.05, 4.69) is 31.2 Å². The predicted octanol–water partition coefficient (Wildman–Crippen LogP) is 3.87. The van der Waals surface area contributed by atoms with Crippen molar-refractivity contribution in [3.63, 3.8) is 0 Å². The first-order valence-corrected chi connectivity index (χ1v) is 7.10. The van der Waals surface area contributed by atoms with Gasteiger partial charge in [0.2, 0.25) is 0 Å². The van der Waals surface area contributed by atoms with Crippen LogP contribution in [0.3, 0.4) is 0 Å². The second-order valence-electron chi connectivity index (χ2n) is 5.38. The quantitative estimate of drug-likeness (QED) is 0.894. The van der Waals surface area contributed by atoms with E-state index in [1.807, 2.05) is 31.2 Å². The predicted molar refractivity (Wildman–Crippen MR) is 84.1 cm³/mol. The van der Waals surface area contributed by atoms with Gasteiger partial charge in [-0.15, -0.1) is 0 Å². The highest BCUT2D eigenvalue weighted by atomic mass is 16.5. The third-order valence-electron chi connectivity index (χ3n) is 3.78. The third-order valence-corrected chi connectivity index (χ3v) is 3.78. The van der Waals surface area contributed by atoms with E-state index in [1.54, 1.807) is 7.11 Å². The van der Waals surface area contributed by atoms with E-state index in [4.69, 9.17) is 10.5 Å². The second-order valence-corrected chi connectivity index (χ2v) is 5.38. The monoisotopic (exact) mass is 269 g/mol. The number of benzene rings is 2. The lowest BCUT2D eigenvalue weighted by molar-refractivity contribution is 0.414. The summed E-state index contributed by atoms with van der Waals surface area (Å²) in [5, 5.41) is 0. The maximum absolute atomic E-state index is 6.53. The Balaban J connectivity index is 2.27. The Labute approximate surface area is 121 Å². The average molecular weight is 269 g/mol. The molecule has 0 radical (unpaired) electrons. The summed E-state index contributed by atoms with van der Waals surface area (Å²) in [6.07, 6.45) is 2.28. The number of aryl methyl sites for hydroxylation is 1. The van der Waals surface area contributed by atoms with Gasteiger partial charge in [-0.2, -0.15) is 0 Å². The molecular formula is C18H23NO. The fraction of sp³-hybridized carbons (Fsp3) is 0.333. The molecule has 20 heavy (non-hydrogen) atoms. The topological polar surface area (TPSA) is 35.2 Å². The van der Waals surface area contributed by atoms with Crippen LogP contribution in [0.1, 0.15) is 37.0 Å². The van der Waals surface area contributed by atoms with Crippen LogP contribution in [0.25, 0.3) is 0 Å². The third kappa shape index (κ3) is 3.02. The zero-order valence-electron chi connectivity index (χ0n) is 12.5. The number of rotatable bonds is 5. The Morgan fingerprint density at radius 1 is 0.950 bits per heavy atom.